The van der Waals surface area contributed by atoms with Crippen LogP contribution in [0.4, 0.5) is 4.39 Å². The van der Waals surface area contributed by atoms with E-state index in [-0.39, 0.29) is 16.6 Å². The third-order valence-electron chi connectivity index (χ3n) is 4.85. The van der Waals surface area contributed by atoms with Gasteiger partial charge >= 0.3 is 5.97 Å². The molecule has 2 aliphatic carbocycles. The highest BCUT2D eigenvalue weighted by atomic mass is 35.5. The van der Waals surface area contributed by atoms with Gasteiger partial charge in [0.25, 0.3) is 0 Å². The molecule has 0 amide bonds. The number of carboxylic acid groups (broad SMARTS) is 1. The fourth-order valence-electron chi connectivity index (χ4n) is 3.16. The zero-order valence-corrected chi connectivity index (χ0v) is 14.8. The molecule has 2 aliphatic rings. The molecule has 0 unspecified atom stereocenters. The number of aliphatic carboxylic acids is 1. The number of benzene rings is 1. The third kappa shape index (κ3) is 4.39. The summed E-state index contributed by atoms with van der Waals surface area (Å²) in [6.45, 7) is 1.54. The van der Waals surface area contributed by atoms with Gasteiger partial charge in [-0.25, -0.2) is 4.39 Å². The highest BCUT2D eigenvalue weighted by Crippen LogP contribution is 2.34. The fourth-order valence-corrected chi connectivity index (χ4v) is 3.56. The van der Waals surface area contributed by atoms with Crippen molar-refractivity contribution in [2.45, 2.75) is 44.3 Å². The highest BCUT2D eigenvalue weighted by molar-refractivity contribution is 6.42. The van der Waals surface area contributed by atoms with Gasteiger partial charge in [0.05, 0.1) is 16.6 Å². The molecule has 0 heterocycles. The molecule has 0 radical (unpaired) electrons. The van der Waals surface area contributed by atoms with Gasteiger partial charge in [-0.05, 0) is 43.2 Å². The zero-order valence-electron chi connectivity index (χ0n) is 13.3. The number of halogens is 3. The second-order valence-corrected chi connectivity index (χ2v) is 7.56. The maximum Gasteiger partial charge on any atom is 0.317 e. The normalized spacial score (nSPS) is 23.3. The van der Waals surface area contributed by atoms with Crippen LogP contribution in [0, 0.1) is 11.7 Å². The van der Waals surface area contributed by atoms with Gasteiger partial charge in [0.2, 0.25) is 0 Å². The lowest BCUT2D eigenvalue weighted by molar-refractivity contribution is -0.139. The molecule has 0 aromatic heterocycles. The average Bonchev–Trinajstić information content (AvgIpc) is 3.28. The summed E-state index contributed by atoms with van der Waals surface area (Å²) in [6, 6.07) is 3.60. The van der Waals surface area contributed by atoms with E-state index in [0.29, 0.717) is 24.5 Å². The minimum absolute atomic E-state index is 0.0421. The van der Waals surface area contributed by atoms with Crippen LogP contribution in [0.25, 0.3) is 0 Å². The molecule has 1 aromatic rings. The summed E-state index contributed by atoms with van der Waals surface area (Å²) in [5.74, 6) is -0.602. The summed E-state index contributed by atoms with van der Waals surface area (Å²) in [4.78, 5) is 13.1. The molecule has 0 atom stereocenters. The van der Waals surface area contributed by atoms with Crippen LogP contribution in [-0.4, -0.2) is 41.1 Å². The first-order chi connectivity index (χ1) is 11.4. The van der Waals surface area contributed by atoms with Crippen LogP contribution in [0.2, 0.25) is 10.0 Å². The van der Waals surface area contributed by atoms with E-state index < -0.39 is 11.8 Å². The van der Waals surface area contributed by atoms with E-state index in [1.165, 1.54) is 18.9 Å². The fraction of sp³-hybridized carbons (Fsp3) is 0.588. The first kappa shape index (κ1) is 17.9. The van der Waals surface area contributed by atoms with Crippen molar-refractivity contribution in [3.05, 3.63) is 33.6 Å². The molecule has 24 heavy (non-hydrogen) atoms. The maximum absolute atomic E-state index is 13.3. The summed E-state index contributed by atoms with van der Waals surface area (Å²) >= 11 is 11.9. The zero-order chi connectivity index (χ0) is 17.3. The molecular formula is C17H21Cl2FN2O2. The Kier molecular flexibility index (Phi) is 5.65. The average molecular weight is 375 g/mol. The predicted molar refractivity (Wildman–Crippen MR) is 92.0 cm³/mol. The molecular weight excluding hydrogens is 354 g/mol. The van der Waals surface area contributed by atoms with Gasteiger partial charge in [0.15, 0.2) is 0 Å². The van der Waals surface area contributed by atoms with Gasteiger partial charge in [-0.2, -0.15) is 0 Å². The lowest BCUT2D eigenvalue weighted by atomic mass is 9.85. The maximum atomic E-state index is 13.3. The van der Waals surface area contributed by atoms with E-state index in [0.717, 1.165) is 24.9 Å². The van der Waals surface area contributed by atoms with Crippen molar-refractivity contribution in [3.63, 3.8) is 0 Å². The highest BCUT2D eigenvalue weighted by Gasteiger charge is 2.36. The number of nitrogens with one attached hydrogen (secondary N) is 1. The molecule has 1 aromatic carbocycles. The van der Waals surface area contributed by atoms with Gasteiger partial charge in [0, 0.05) is 25.2 Å². The van der Waals surface area contributed by atoms with Crippen molar-refractivity contribution in [1.29, 1.82) is 0 Å². The van der Waals surface area contributed by atoms with Gasteiger partial charge in [-0.15, -0.1) is 0 Å². The molecule has 2 saturated carbocycles. The Morgan fingerprint density at radius 3 is 2.62 bits per heavy atom. The van der Waals surface area contributed by atoms with Crippen LogP contribution in [0.15, 0.2) is 12.1 Å². The first-order valence-electron chi connectivity index (χ1n) is 8.25. The third-order valence-corrected chi connectivity index (χ3v) is 5.75. The molecule has 0 saturated heterocycles. The van der Waals surface area contributed by atoms with Gasteiger partial charge in [-0.1, -0.05) is 29.3 Å². The molecule has 132 valence electrons. The number of rotatable bonds is 8. The van der Waals surface area contributed by atoms with E-state index in [4.69, 9.17) is 28.3 Å². The summed E-state index contributed by atoms with van der Waals surface area (Å²) in [6.07, 6.45) is 4.28. The van der Waals surface area contributed by atoms with Gasteiger partial charge in [0.1, 0.15) is 5.82 Å². The van der Waals surface area contributed by atoms with Crippen LogP contribution in [0.1, 0.15) is 31.2 Å². The van der Waals surface area contributed by atoms with E-state index in [2.05, 4.69) is 10.2 Å². The summed E-state index contributed by atoms with van der Waals surface area (Å²) in [5.41, 5.74) is 0.770. The second kappa shape index (κ2) is 7.56. The molecule has 3 rings (SSSR count). The molecule has 4 nitrogen and oxygen atoms in total. The van der Waals surface area contributed by atoms with Crippen LogP contribution < -0.4 is 5.32 Å². The van der Waals surface area contributed by atoms with E-state index in [1.807, 2.05) is 0 Å². The van der Waals surface area contributed by atoms with Crippen molar-refractivity contribution in [2.75, 3.05) is 13.1 Å². The first-order valence-corrected chi connectivity index (χ1v) is 9.01. The SMILES string of the molecule is O=C(O)CN(CC1CC1)C1CC(NCc2ccc(F)c(Cl)c2Cl)C1. The standard InChI is InChI=1S/C17H21Cl2FN2O2/c18-16-11(3-4-14(20)17(16)19)7-21-12-5-13(6-12)22(9-15(23)24)8-10-1-2-10/h3-4,10,12-13,21H,1-2,5-9H2,(H,23,24). The minimum Gasteiger partial charge on any atom is -0.480 e. The van der Waals surface area contributed by atoms with Crippen molar-refractivity contribution in [3.8, 4) is 0 Å². The molecule has 0 aliphatic heterocycles. The number of hydrogen-bond acceptors (Lipinski definition) is 3. The summed E-state index contributed by atoms with van der Waals surface area (Å²) in [5, 5.41) is 12.7. The van der Waals surface area contributed by atoms with E-state index in [1.54, 1.807) is 6.07 Å². The lowest BCUT2D eigenvalue weighted by Gasteiger charge is -2.43. The molecule has 7 heteroatoms. The van der Waals surface area contributed by atoms with Crippen molar-refractivity contribution in [1.82, 2.24) is 10.2 Å². The number of hydrogen-bond donors (Lipinski definition) is 2. The van der Waals surface area contributed by atoms with Gasteiger partial charge in [-0.3, -0.25) is 9.69 Å². The smallest absolute Gasteiger partial charge is 0.317 e. The Balaban J connectivity index is 1.47. The second-order valence-electron chi connectivity index (χ2n) is 6.80. The summed E-state index contributed by atoms with van der Waals surface area (Å²) < 4.78 is 13.3. The number of nitrogens with zero attached hydrogens (tertiary/aromatic N) is 1. The van der Waals surface area contributed by atoms with Gasteiger partial charge < -0.3 is 10.4 Å². The number of carbonyl (C=O) groups is 1. The van der Waals surface area contributed by atoms with Crippen LogP contribution >= 0.6 is 23.2 Å². The van der Waals surface area contributed by atoms with Crippen molar-refractivity contribution >= 4 is 29.2 Å². The molecule has 2 fully saturated rings. The van der Waals surface area contributed by atoms with Crippen LogP contribution in [-0.2, 0) is 11.3 Å². The Morgan fingerprint density at radius 2 is 2.00 bits per heavy atom. The number of carboxylic acids is 1. The predicted octanol–water partition coefficient (Wildman–Crippen LogP) is 3.55. The Hall–Kier alpha value is -0.880. The molecule has 2 N–H and O–H groups in total. The van der Waals surface area contributed by atoms with Crippen molar-refractivity contribution < 1.29 is 14.3 Å². The summed E-state index contributed by atoms with van der Waals surface area (Å²) in [7, 11) is 0. The largest absolute Gasteiger partial charge is 0.480 e. The topological polar surface area (TPSA) is 52.6 Å². The van der Waals surface area contributed by atoms with Crippen molar-refractivity contribution in [2.24, 2.45) is 5.92 Å². The van der Waals surface area contributed by atoms with E-state index >= 15 is 0 Å². The Morgan fingerprint density at radius 1 is 1.29 bits per heavy atom. The quantitative estimate of drug-likeness (QED) is 0.683. The Labute approximate surface area is 150 Å². The van der Waals surface area contributed by atoms with E-state index in [9.17, 15) is 9.18 Å². The Bertz CT molecular complexity index is 619. The molecule has 0 spiro atoms. The molecule has 0 bridgehead atoms. The van der Waals surface area contributed by atoms with Crippen LogP contribution in [0.5, 0.6) is 0 Å². The monoisotopic (exact) mass is 374 g/mol. The van der Waals surface area contributed by atoms with Crippen LogP contribution in [0.3, 0.4) is 0 Å². The lowest BCUT2D eigenvalue weighted by Crippen LogP contribution is -2.54. The minimum atomic E-state index is -0.764.